The number of rotatable bonds is 9. The van der Waals surface area contributed by atoms with Crippen LogP contribution in [-0.2, 0) is 19.0 Å². The Hall–Kier alpha value is -2.95. The summed E-state index contributed by atoms with van der Waals surface area (Å²) in [4.78, 5) is 18.8. The highest BCUT2D eigenvalue weighted by atomic mass is 32.2. The van der Waals surface area contributed by atoms with Crippen molar-refractivity contribution in [3.8, 4) is 11.5 Å². The van der Waals surface area contributed by atoms with Crippen LogP contribution in [0.4, 0.5) is 0 Å². The third kappa shape index (κ3) is 5.81. The molecule has 0 radical (unpaired) electrons. The zero-order valence-electron chi connectivity index (χ0n) is 17.4. The number of benzene rings is 2. The number of aromatic amines is 1. The maximum atomic E-state index is 12.3. The van der Waals surface area contributed by atoms with E-state index in [-0.39, 0.29) is 47.2 Å². The predicted octanol–water partition coefficient (Wildman–Crippen LogP) is 2.43. The van der Waals surface area contributed by atoms with Gasteiger partial charge in [0.25, 0.3) is 15.7 Å². The van der Waals surface area contributed by atoms with E-state index in [9.17, 15) is 18.3 Å². The van der Waals surface area contributed by atoms with Gasteiger partial charge < -0.3 is 19.6 Å². The Morgan fingerprint density at radius 3 is 2.55 bits per heavy atom. The molecule has 2 N–H and O–H groups in total. The van der Waals surface area contributed by atoms with Gasteiger partial charge in [-0.25, -0.2) is 4.98 Å². The van der Waals surface area contributed by atoms with Crippen LogP contribution in [-0.4, -0.2) is 49.4 Å². The number of hydrogen-bond acceptors (Lipinski definition) is 8. The van der Waals surface area contributed by atoms with Crippen LogP contribution in [0.1, 0.15) is 18.3 Å². The lowest BCUT2D eigenvalue weighted by Crippen LogP contribution is -2.22. The van der Waals surface area contributed by atoms with Gasteiger partial charge >= 0.3 is 0 Å². The molecule has 0 bridgehead atoms. The Morgan fingerprint density at radius 2 is 1.84 bits per heavy atom. The van der Waals surface area contributed by atoms with E-state index >= 15 is 0 Å². The molecule has 0 fully saturated rings. The molecular weight excluding hydrogens is 424 g/mol. The predicted molar refractivity (Wildman–Crippen MR) is 114 cm³/mol. The fourth-order valence-corrected chi connectivity index (χ4v) is 3.92. The SMILES string of the molecule is Cc1ccc(S(=O)(=O)OC(C)COCCOc2cc3nc(C)[nH]c(=O)c3cc2O)cc1. The molecule has 0 aliphatic carbocycles. The summed E-state index contributed by atoms with van der Waals surface area (Å²) < 4.78 is 40.6. The maximum Gasteiger partial charge on any atom is 0.297 e. The molecule has 0 saturated carbocycles. The molecule has 9 nitrogen and oxygen atoms in total. The van der Waals surface area contributed by atoms with E-state index in [0.29, 0.717) is 11.3 Å². The van der Waals surface area contributed by atoms with Crippen LogP contribution in [0.15, 0.2) is 46.1 Å². The second-order valence-electron chi connectivity index (χ2n) is 7.09. The lowest BCUT2D eigenvalue weighted by atomic mass is 10.2. The molecule has 2 aromatic carbocycles. The lowest BCUT2D eigenvalue weighted by molar-refractivity contribution is 0.0453. The summed E-state index contributed by atoms with van der Waals surface area (Å²) in [7, 11) is -3.87. The topological polar surface area (TPSA) is 128 Å². The molecule has 166 valence electrons. The van der Waals surface area contributed by atoms with Crippen LogP contribution in [0.5, 0.6) is 11.5 Å². The minimum atomic E-state index is -3.87. The van der Waals surface area contributed by atoms with Crippen LogP contribution < -0.4 is 10.3 Å². The van der Waals surface area contributed by atoms with Crippen LogP contribution in [0.2, 0.25) is 0 Å². The number of nitrogens with zero attached hydrogens (tertiary/aromatic N) is 1. The molecule has 10 heteroatoms. The van der Waals surface area contributed by atoms with Gasteiger partial charge in [-0.3, -0.25) is 8.98 Å². The summed E-state index contributed by atoms with van der Waals surface area (Å²) in [5, 5.41) is 10.3. The molecular formula is C21H24N2O7S. The van der Waals surface area contributed by atoms with Crippen LogP contribution in [0.25, 0.3) is 10.9 Å². The minimum absolute atomic E-state index is 0.0360. The first-order valence-corrected chi connectivity index (χ1v) is 11.0. The average molecular weight is 448 g/mol. The van der Waals surface area contributed by atoms with Gasteiger partial charge in [-0.05, 0) is 39.0 Å². The molecule has 0 saturated heterocycles. The standard InChI is InChI=1S/C21H24N2O7S/c1-13-4-6-16(7-5-13)31(26,27)30-14(2)12-28-8-9-29-20-11-18-17(10-19(20)24)21(25)23-15(3)22-18/h4-7,10-11,14,24H,8-9,12H2,1-3H3,(H,22,23,25). The fourth-order valence-electron chi connectivity index (χ4n) is 2.85. The summed E-state index contributed by atoms with van der Waals surface area (Å²) in [6.45, 7) is 5.38. The van der Waals surface area contributed by atoms with Crippen LogP contribution >= 0.6 is 0 Å². The molecule has 31 heavy (non-hydrogen) atoms. The molecule has 1 aromatic heterocycles. The van der Waals surface area contributed by atoms with Gasteiger partial charge in [0, 0.05) is 6.07 Å². The second-order valence-corrected chi connectivity index (χ2v) is 8.66. The Bertz CT molecular complexity index is 1220. The summed E-state index contributed by atoms with van der Waals surface area (Å²) in [5.41, 5.74) is 1.01. The number of phenolic OH excluding ortho intramolecular Hbond substituents is 1. The van der Waals surface area contributed by atoms with E-state index in [1.165, 1.54) is 24.3 Å². The van der Waals surface area contributed by atoms with Crippen molar-refractivity contribution in [3.63, 3.8) is 0 Å². The van der Waals surface area contributed by atoms with Gasteiger partial charge in [-0.15, -0.1) is 0 Å². The van der Waals surface area contributed by atoms with E-state index < -0.39 is 16.2 Å². The molecule has 0 aliphatic rings. The Labute approximate surface area is 179 Å². The highest BCUT2D eigenvalue weighted by Gasteiger charge is 2.19. The van der Waals surface area contributed by atoms with Crippen molar-refractivity contribution in [2.24, 2.45) is 0 Å². The van der Waals surface area contributed by atoms with Crippen molar-refractivity contribution in [2.75, 3.05) is 19.8 Å². The number of nitrogens with one attached hydrogen (secondary N) is 1. The zero-order chi connectivity index (χ0) is 22.6. The van der Waals surface area contributed by atoms with Crippen molar-refractivity contribution in [1.29, 1.82) is 0 Å². The number of H-pyrrole nitrogens is 1. The van der Waals surface area contributed by atoms with E-state index in [1.54, 1.807) is 26.0 Å². The molecule has 1 unspecified atom stereocenters. The molecule has 3 rings (SSSR count). The second kappa shape index (κ2) is 9.46. The summed E-state index contributed by atoms with van der Waals surface area (Å²) in [5.74, 6) is 0.427. The maximum absolute atomic E-state index is 12.3. The van der Waals surface area contributed by atoms with E-state index in [2.05, 4.69) is 9.97 Å². The van der Waals surface area contributed by atoms with E-state index in [0.717, 1.165) is 5.56 Å². The smallest absolute Gasteiger partial charge is 0.297 e. The number of aryl methyl sites for hydroxylation is 2. The van der Waals surface area contributed by atoms with Crippen molar-refractivity contribution >= 4 is 21.0 Å². The number of fused-ring (bicyclic) bond motifs is 1. The van der Waals surface area contributed by atoms with Gasteiger partial charge in [-0.1, -0.05) is 17.7 Å². The monoisotopic (exact) mass is 448 g/mol. The van der Waals surface area contributed by atoms with Crippen molar-refractivity contribution in [1.82, 2.24) is 9.97 Å². The molecule has 1 heterocycles. The number of hydrogen-bond donors (Lipinski definition) is 2. The summed E-state index contributed by atoms with van der Waals surface area (Å²) >= 11 is 0. The van der Waals surface area contributed by atoms with Gasteiger partial charge in [0.2, 0.25) is 0 Å². The number of phenols is 1. The Balaban J connectivity index is 1.49. The largest absolute Gasteiger partial charge is 0.504 e. The number of aromatic nitrogens is 2. The summed E-state index contributed by atoms with van der Waals surface area (Å²) in [6, 6.07) is 9.15. The number of aromatic hydroxyl groups is 1. The van der Waals surface area contributed by atoms with Crippen molar-refractivity contribution in [3.05, 3.63) is 58.1 Å². The third-order valence-electron chi connectivity index (χ3n) is 4.34. The quantitative estimate of drug-likeness (QED) is 0.377. The van der Waals surface area contributed by atoms with Gasteiger partial charge in [0.05, 0.1) is 35.1 Å². The normalized spacial score (nSPS) is 12.7. The Kier molecular flexibility index (Phi) is 6.94. The van der Waals surface area contributed by atoms with Crippen LogP contribution in [0.3, 0.4) is 0 Å². The average Bonchev–Trinajstić information content (AvgIpc) is 2.68. The fraction of sp³-hybridized carbons (Fsp3) is 0.333. The highest BCUT2D eigenvalue weighted by molar-refractivity contribution is 7.86. The molecule has 0 spiro atoms. The third-order valence-corrected chi connectivity index (χ3v) is 5.77. The highest BCUT2D eigenvalue weighted by Crippen LogP contribution is 2.29. The number of ether oxygens (including phenoxy) is 2. The Morgan fingerprint density at radius 1 is 1.13 bits per heavy atom. The zero-order valence-corrected chi connectivity index (χ0v) is 18.2. The minimum Gasteiger partial charge on any atom is -0.504 e. The van der Waals surface area contributed by atoms with Crippen molar-refractivity contribution in [2.45, 2.75) is 31.8 Å². The van der Waals surface area contributed by atoms with E-state index in [1.807, 2.05) is 6.92 Å². The first-order chi connectivity index (χ1) is 14.7. The van der Waals surface area contributed by atoms with Gasteiger partial charge in [0.1, 0.15) is 12.4 Å². The van der Waals surface area contributed by atoms with Gasteiger partial charge in [-0.2, -0.15) is 8.42 Å². The molecule has 3 aromatic rings. The van der Waals surface area contributed by atoms with Crippen molar-refractivity contribution < 1.29 is 27.2 Å². The van der Waals surface area contributed by atoms with E-state index in [4.69, 9.17) is 13.7 Å². The molecule has 0 amide bonds. The first-order valence-electron chi connectivity index (χ1n) is 9.60. The lowest BCUT2D eigenvalue weighted by Gasteiger charge is -2.14. The molecule has 1 atom stereocenters. The summed E-state index contributed by atoms with van der Waals surface area (Å²) in [6.07, 6.45) is -0.695. The van der Waals surface area contributed by atoms with Gasteiger partial charge in [0.15, 0.2) is 11.5 Å². The van der Waals surface area contributed by atoms with Crippen LogP contribution in [0, 0.1) is 13.8 Å². The first kappa shape index (κ1) is 22.7. The molecule has 0 aliphatic heterocycles.